The fourth-order valence-corrected chi connectivity index (χ4v) is 7.27. The van der Waals surface area contributed by atoms with Crippen LogP contribution in [0.3, 0.4) is 0 Å². The molecule has 9 heteroatoms. The van der Waals surface area contributed by atoms with E-state index in [2.05, 4.69) is 0 Å². The van der Waals surface area contributed by atoms with Crippen LogP contribution in [0.2, 0.25) is 0 Å². The molecule has 4 aliphatic rings. The van der Waals surface area contributed by atoms with E-state index in [-0.39, 0.29) is 11.1 Å². The molecule has 0 spiro atoms. The van der Waals surface area contributed by atoms with Gasteiger partial charge in [-0.05, 0) is 25.0 Å². The molecule has 4 aliphatic carbocycles. The van der Waals surface area contributed by atoms with Crippen molar-refractivity contribution in [1.29, 1.82) is 0 Å². The molecule has 0 bridgehead atoms. The fraction of sp³-hybridized carbons (Fsp3) is 0.704. The highest BCUT2D eigenvalue weighted by atomic mass is 16.6. The van der Waals surface area contributed by atoms with E-state index in [1.54, 1.807) is 27.7 Å². The Morgan fingerprint density at radius 1 is 1.19 bits per heavy atom. The van der Waals surface area contributed by atoms with E-state index < -0.39 is 88.0 Å². The fourth-order valence-electron chi connectivity index (χ4n) is 7.27. The van der Waals surface area contributed by atoms with Gasteiger partial charge in [0.15, 0.2) is 22.8 Å². The van der Waals surface area contributed by atoms with Crippen LogP contribution in [0.5, 0.6) is 0 Å². The van der Waals surface area contributed by atoms with Gasteiger partial charge in [0.2, 0.25) is 0 Å². The van der Waals surface area contributed by atoms with Crippen molar-refractivity contribution in [1.82, 2.24) is 0 Å². The first-order chi connectivity index (χ1) is 16.6. The summed E-state index contributed by atoms with van der Waals surface area (Å²) in [5.41, 5.74) is -6.64. The normalized spacial score (nSPS) is 43.2. The first-order valence-electron chi connectivity index (χ1n) is 12.5. The van der Waals surface area contributed by atoms with Crippen LogP contribution in [0.1, 0.15) is 54.9 Å². The van der Waals surface area contributed by atoms with E-state index in [1.165, 1.54) is 19.9 Å². The molecule has 0 aliphatic heterocycles. The van der Waals surface area contributed by atoms with Crippen LogP contribution in [0.15, 0.2) is 23.3 Å². The molecule has 0 saturated heterocycles. The van der Waals surface area contributed by atoms with Crippen molar-refractivity contribution >= 4 is 23.5 Å². The first-order valence-corrected chi connectivity index (χ1v) is 12.5. The molecule has 0 amide bonds. The monoisotopic (exact) mass is 504 g/mol. The van der Waals surface area contributed by atoms with Gasteiger partial charge in [-0.25, -0.2) is 0 Å². The Kier molecular flexibility index (Phi) is 5.98. The molecule has 0 heterocycles. The Balaban J connectivity index is 1.98. The zero-order valence-electron chi connectivity index (χ0n) is 21.8. The molecule has 0 aromatic carbocycles. The number of carbonyl (C=O) groups is 4. The number of ketones is 2. The Morgan fingerprint density at radius 3 is 2.33 bits per heavy atom. The Morgan fingerprint density at radius 2 is 1.81 bits per heavy atom. The zero-order chi connectivity index (χ0) is 27.2. The Hall–Kier alpha value is -2.36. The number of fused-ring (bicyclic) bond motifs is 5. The lowest BCUT2D eigenvalue weighted by atomic mass is 9.58. The largest absolute Gasteiger partial charge is 0.458 e. The Labute approximate surface area is 210 Å². The molecule has 3 N–H and O–H groups in total. The third kappa shape index (κ3) is 3.05. The van der Waals surface area contributed by atoms with Gasteiger partial charge in [0, 0.05) is 35.7 Å². The molecule has 198 valence electrons. The molecule has 0 aromatic rings. The molecule has 9 nitrogen and oxygen atoms in total. The zero-order valence-corrected chi connectivity index (χ0v) is 21.8. The van der Waals surface area contributed by atoms with Gasteiger partial charge in [-0.3, -0.25) is 19.2 Å². The lowest BCUT2D eigenvalue weighted by molar-refractivity contribution is -0.230. The van der Waals surface area contributed by atoms with Gasteiger partial charge in [-0.2, -0.15) is 0 Å². The second-order valence-electron chi connectivity index (χ2n) is 11.6. The van der Waals surface area contributed by atoms with E-state index in [0.717, 1.165) is 6.08 Å². The lowest BCUT2D eigenvalue weighted by Gasteiger charge is -2.52. The summed E-state index contributed by atoms with van der Waals surface area (Å²) in [5.74, 6) is -7.26. The van der Waals surface area contributed by atoms with Crippen LogP contribution in [0.25, 0.3) is 0 Å². The summed E-state index contributed by atoms with van der Waals surface area (Å²) in [5, 5.41) is 34.1. The number of Topliss-reactive ketones (excluding diaryl/α,β-unsaturated/α-hetero) is 2. The number of ether oxygens (including phenoxy) is 2. The highest BCUT2D eigenvalue weighted by Gasteiger charge is 2.89. The SMILES string of the molecule is CCC(C)C(=O)OC12C(OC(C)=O)C(C)C3(O)C(C(=O)C(CO)=CC4(O)C(=O)C(C)=CC43)C1C2(C)C. The molecule has 0 radical (unpaired) electrons. The molecule has 9 atom stereocenters. The molecular weight excluding hydrogens is 468 g/mol. The van der Waals surface area contributed by atoms with Crippen molar-refractivity contribution in [3.63, 3.8) is 0 Å². The summed E-state index contributed by atoms with van der Waals surface area (Å²) >= 11 is 0. The van der Waals surface area contributed by atoms with Gasteiger partial charge in [0.25, 0.3) is 0 Å². The van der Waals surface area contributed by atoms with Gasteiger partial charge in [-0.15, -0.1) is 0 Å². The summed E-state index contributed by atoms with van der Waals surface area (Å²) in [6.45, 7) is 10.7. The van der Waals surface area contributed by atoms with Gasteiger partial charge in [0.05, 0.1) is 24.0 Å². The minimum atomic E-state index is -2.26. The summed E-state index contributed by atoms with van der Waals surface area (Å²) in [6.07, 6.45) is 1.87. The number of carbonyl (C=O) groups excluding carboxylic acids is 4. The van der Waals surface area contributed by atoms with Gasteiger partial charge >= 0.3 is 11.9 Å². The van der Waals surface area contributed by atoms with Crippen LogP contribution >= 0.6 is 0 Å². The second kappa shape index (κ2) is 8.07. The molecule has 9 unspecified atom stereocenters. The quantitative estimate of drug-likeness (QED) is 0.471. The highest BCUT2D eigenvalue weighted by Crippen LogP contribution is 2.77. The van der Waals surface area contributed by atoms with Gasteiger partial charge < -0.3 is 24.8 Å². The molecular formula is C27H36O9. The topological polar surface area (TPSA) is 147 Å². The van der Waals surface area contributed by atoms with Crippen molar-refractivity contribution in [2.45, 2.75) is 77.8 Å². The van der Waals surface area contributed by atoms with Crippen LogP contribution < -0.4 is 0 Å². The van der Waals surface area contributed by atoms with Crippen LogP contribution in [-0.4, -0.2) is 68.3 Å². The number of rotatable bonds is 5. The van der Waals surface area contributed by atoms with Crippen LogP contribution in [0.4, 0.5) is 0 Å². The maximum absolute atomic E-state index is 13.9. The molecule has 2 fully saturated rings. The minimum Gasteiger partial charge on any atom is -0.458 e. The van der Waals surface area contributed by atoms with E-state index in [9.17, 15) is 34.5 Å². The smallest absolute Gasteiger partial charge is 0.309 e. The summed E-state index contributed by atoms with van der Waals surface area (Å²) in [6, 6.07) is 0. The lowest BCUT2D eigenvalue weighted by Crippen LogP contribution is -2.67. The molecule has 0 aromatic heterocycles. The Bertz CT molecular complexity index is 1100. The van der Waals surface area contributed by atoms with Crippen molar-refractivity contribution in [3.8, 4) is 0 Å². The highest BCUT2D eigenvalue weighted by molar-refractivity contribution is 6.09. The second-order valence-corrected chi connectivity index (χ2v) is 11.6. The van der Waals surface area contributed by atoms with Crippen molar-refractivity contribution in [3.05, 3.63) is 23.3 Å². The predicted octanol–water partition coefficient (Wildman–Crippen LogP) is 1.28. The standard InChI is InChI=1S/C27H36O9/c1-8-12(2)23(32)36-27-20(24(27,6)7)18-19(30)16(11-28)10-25(33)17(9-13(3)21(25)31)26(18,34)14(4)22(27)35-15(5)29/h9-10,12,14,17-18,20,22,28,33-34H,8,11H2,1-7H3. The van der Waals surface area contributed by atoms with E-state index in [0.29, 0.717) is 6.42 Å². The predicted molar refractivity (Wildman–Crippen MR) is 126 cm³/mol. The van der Waals surface area contributed by atoms with Crippen LogP contribution in [-0.2, 0) is 28.7 Å². The van der Waals surface area contributed by atoms with Gasteiger partial charge in [0.1, 0.15) is 6.10 Å². The van der Waals surface area contributed by atoms with Crippen molar-refractivity contribution in [2.24, 2.45) is 35.0 Å². The number of hydrogen-bond donors (Lipinski definition) is 3. The average molecular weight is 505 g/mol. The number of esters is 2. The van der Waals surface area contributed by atoms with Crippen molar-refractivity contribution in [2.75, 3.05) is 6.61 Å². The maximum atomic E-state index is 13.9. The summed E-state index contributed by atoms with van der Waals surface area (Å²) in [4.78, 5) is 52.3. The summed E-state index contributed by atoms with van der Waals surface area (Å²) < 4.78 is 11.9. The first kappa shape index (κ1) is 26.7. The molecule has 36 heavy (non-hydrogen) atoms. The number of aliphatic hydroxyl groups excluding tert-OH is 1. The molecule has 2 saturated carbocycles. The van der Waals surface area contributed by atoms with Gasteiger partial charge in [-0.1, -0.05) is 40.7 Å². The minimum absolute atomic E-state index is 0.192. The van der Waals surface area contributed by atoms with E-state index in [1.807, 2.05) is 6.92 Å². The molecule has 4 rings (SSSR count). The van der Waals surface area contributed by atoms with Crippen LogP contribution in [0, 0.1) is 35.0 Å². The van der Waals surface area contributed by atoms with E-state index >= 15 is 0 Å². The number of hydrogen-bond acceptors (Lipinski definition) is 9. The van der Waals surface area contributed by atoms with Crippen molar-refractivity contribution < 1.29 is 44.0 Å². The maximum Gasteiger partial charge on any atom is 0.309 e. The van der Waals surface area contributed by atoms with E-state index in [4.69, 9.17) is 9.47 Å². The average Bonchev–Trinajstić information content (AvgIpc) is 3.21. The third-order valence-corrected chi connectivity index (χ3v) is 9.45. The number of aliphatic hydroxyl groups is 3. The third-order valence-electron chi connectivity index (χ3n) is 9.45. The summed E-state index contributed by atoms with van der Waals surface area (Å²) in [7, 11) is 0.